The van der Waals surface area contributed by atoms with Gasteiger partial charge in [-0.3, -0.25) is 0 Å². The monoisotopic (exact) mass is 1020 g/mol. The molecule has 1 aliphatic rings. The summed E-state index contributed by atoms with van der Waals surface area (Å²) in [6, 6.07) is 87.0. The summed E-state index contributed by atoms with van der Waals surface area (Å²) in [6.45, 7) is 8.35. The largest absolute Gasteiger partial charge is 0.508 e. The Labute approximate surface area is 440 Å². The van der Waals surface area contributed by atoms with Crippen LogP contribution in [-0.2, 0) is 9.31 Å². The highest BCUT2D eigenvalue weighted by molar-refractivity contribution is 9.10. The predicted molar refractivity (Wildman–Crippen MR) is 311 cm³/mol. The van der Waals surface area contributed by atoms with E-state index in [0.29, 0.717) is 5.75 Å². The molecule has 6 heteroatoms. The summed E-state index contributed by atoms with van der Waals surface area (Å²) in [6.07, 6.45) is 0. The van der Waals surface area contributed by atoms with Gasteiger partial charge in [0.2, 0.25) is 0 Å². The van der Waals surface area contributed by atoms with Crippen LogP contribution < -0.4 is 5.46 Å². The second kappa shape index (κ2) is 23.2. The lowest BCUT2D eigenvalue weighted by Gasteiger charge is -2.32. The molecule has 0 atom stereocenters. The van der Waals surface area contributed by atoms with Crippen molar-refractivity contribution in [3.63, 3.8) is 0 Å². The first-order valence-corrected chi connectivity index (χ1v) is 25.0. The summed E-state index contributed by atoms with van der Waals surface area (Å²) >= 11 is 3.20. The van der Waals surface area contributed by atoms with Crippen LogP contribution in [0, 0.1) is 0 Å². The van der Waals surface area contributed by atoms with Crippen molar-refractivity contribution in [3.05, 3.63) is 259 Å². The van der Waals surface area contributed by atoms with Crippen LogP contribution in [0.4, 0.5) is 0 Å². The lowest BCUT2D eigenvalue weighted by Crippen LogP contribution is -2.41. The van der Waals surface area contributed by atoms with Gasteiger partial charge in [-0.05, 0) is 172 Å². The Balaban J connectivity index is 0.000000167. The lowest BCUT2D eigenvalue weighted by molar-refractivity contribution is 0.00578. The molecular formula is C67H60BBrO4. The smallest absolute Gasteiger partial charge is 0.494 e. The minimum Gasteiger partial charge on any atom is -0.508 e. The Bertz CT molecular complexity index is 3390. The van der Waals surface area contributed by atoms with Gasteiger partial charge in [0.15, 0.2) is 0 Å². The number of hydrogen-bond donors (Lipinski definition) is 2. The molecule has 2 N–H and O–H groups in total. The third-order valence-electron chi connectivity index (χ3n) is 13.3. The molecule has 1 aliphatic heterocycles. The average molecular weight is 1020 g/mol. The summed E-state index contributed by atoms with van der Waals surface area (Å²) in [4.78, 5) is 0. The van der Waals surface area contributed by atoms with E-state index in [1.807, 2.05) is 24.3 Å². The van der Waals surface area contributed by atoms with Gasteiger partial charge in [0.1, 0.15) is 11.5 Å². The maximum atomic E-state index is 9.83. The molecule has 362 valence electrons. The molecular weight excluding hydrogens is 959 g/mol. The van der Waals surface area contributed by atoms with Gasteiger partial charge in [-0.15, -0.1) is 0 Å². The average Bonchev–Trinajstić information content (AvgIpc) is 3.65. The van der Waals surface area contributed by atoms with Gasteiger partial charge in [-0.2, -0.15) is 0 Å². The van der Waals surface area contributed by atoms with Gasteiger partial charge >= 0.3 is 7.12 Å². The fourth-order valence-corrected chi connectivity index (χ4v) is 9.05. The molecule has 0 aliphatic carbocycles. The standard InChI is InChI=1S/C30H29BO2.C30H22O.C6H5BrO.CH4/c1-29(2)30(3,4)33-31(32-29)28-18-10-17-27(21-28)26-16-9-15-25(20-26)24-14-8-13-23(19-24)22-11-6-5-7-12-22;31-30-17-7-16-29(21-30)28-15-6-14-27(20-28)26-13-5-12-25(19-26)24-11-4-10-23(18-24)22-8-2-1-3-9-22;7-5-2-1-3-6(8)4-5;/h5-21H,1-4H3;1-21,31H;1-4,8H;1H4. The van der Waals surface area contributed by atoms with Crippen molar-refractivity contribution in [1.82, 2.24) is 0 Å². The van der Waals surface area contributed by atoms with Crippen LogP contribution in [0.25, 0.3) is 77.9 Å². The summed E-state index contributed by atoms with van der Waals surface area (Å²) in [5, 5.41) is 18.6. The predicted octanol–water partition coefficient (Wildman–Crippen LogP) is 17.8. The van der Waals surface area contributed by atoms with Gasteiger partial charge in [-0.1, -0.05) is 217 Å². The van der Waals surface area contributed by atoms with Crippen LogP contribution in [0.3, 0.4) is 0 Å². The Morgan fingerprint density at radius 1 is 0.301 bits per heavy atom. The molecule has 0 spiro atoms. The first kappa shape index (κ1) is 51.6. The molecule has 10 aromatic rings. The van der Waals surface area contributed by atoms with Gasteiger partial charge < -0.3 is 19.5 Å². The first-order valence-electron chi connectivity index (χ1n) is 24.2. The van der Waals surface area contributed by atoms with Gasteiger partial charge in [0.05, 0.1) is 11.2 Å². The molecule has 0 aromatic heterocycles. The number of benzene rings is 10. The van der Waals surface area contributed by atoms with Crippen LogP contribution in [0.5, 0.6) is 11.5 Å². The molecule has 1 heterocycles. The summed E-state index contributed by atoms with van der Waals surface area (Å²) in [5.41, 5.74) is 16.8. The van der Waals surface area contributed by atoms with E-state index in [1.165, 1.54) is 55.6 Å². The van der Waals surface area contributed by atoms with Gasteiger partial charge in [-0.25, -0.2) is 0 Å². The third kappa shape index (κ3) is 12.8. The van der Waals surface area contributed by atoms with Crippen molar-refractivity contribution >= 4 is 28.5 Å². The Morgan fingerprint density at radius 3 is 0.877 bits per heavy atom. The van der Waals surface area contributed by atoms with Crippen LogP contribution in [0.2, 0.25) is 0 Å². The van der Waals surface area contributed by atoms with Crippen molar-refractivity contribution in [2.45, 2.75) is 46.3 Å². The molecule has 10 aromatic carbocycles. The second-order valence-electron chi connectivity index (χ2n) is 18.9. The number of phenolic OH excluding ortho intramolecular Hbond substituents is 2. The maximum absolute atomic E-state index is 9.83. The highest BCUT2D eigenvalue weighted by Crippen LogP contribution is 2.38. The number of hydrogen-bond acceptors (Lipinski definition) is 4. The zero-order valence-electron chi connectivity index (χ0n) is 40.9. The summed E-state index contributed by atoms with van der Waals surface area (Å²) in [7, 11) is -0.360. The minimum atomic E-state index is -0.360. The van der Waals surface area contributed by atoms with E-state index in [1.54, 1.807) is 30.3 Å². The van der Waals surface area contributed by atoms with Crippen LogP contribution >= 0.6 is 15.9 Å². The van der Waals surface area contributed by atoms with Crippen LogP contribution in [-0.4, -0.2) is 28.5 Å². The van der Waals surface area contributed by atoms with Crippen molar-refractivity contribution in [3.8, 4) is 89.4 Å². The maximum Gasteiger partial charge on any atom is 0.494 e. The number of phenols is 2. The second-order valence-corrected chi connectivity index (χ2v) is 19.8. The number of rotatable bonds is 8. The molecule has 0 bridgehead atoms. The highest BCUT2D eigenvalue weighted by Gasteiger charge is 2.51. The third-order valence-corrected chi connectivity index (χ3v) is 13.8. The lowest BCUT2D eigenvalue weighted by atomic mass is 9.78. The molecule has 1 fully saturated rings. The zero-order valence-corrected chi connectivity index (χ0v) is 42.5. The van der Waals surface area contributed by atoms with Crippen molar-refractivity contribution < 1.29 is 19.5 Å². The minimum absolute atomic E-state index is 0. The van der Waals surface area contributed by atoms with E-state index < -0.39 is 0 Å². The SMILES string of the molecule is C.CC1(C)OB(c2cccc(-c3cccc(-c4cccc(-c5ccccc5)c4)c3)c2)OC1(C)C.Oc1cccc(-c2cccc(-c3cccc(-c4cccc(-c5ccccc5)c4)c3)c2)c1.Oc1cccc(Br)c1. The fourth-order valence-electron chi connectivity index (χ4n) is 8.66. The van der Waals surface area contributed by atoms with E-state index in [-0.39, 0.29) is 31.5 Å². The molecule has 0 saturated carbocycles. The molecule has 73 heavy (non-hydrogen) atoms. The Kier molecular flexibility index (Phi) is 16.4. The van der Waals surface area contributed by atoms with Gasteiger partial charge in [0.25, 0.3) is 0 Å². The van der Waals surface area contributed by atoms with E-state index in [9.17, 15) is 5.11 Å². The fraction of sp³-hybridized carbons (Fsp3) is 0.104. The first-order chi connectivity index (χ1) is 34.9. The number of aromatic hydroxyl groups is 2. The summed E-state index contributed by atoms with van der Waals surface area (Å²) < 4.78 is 13.4. The molecule has 1 saturated heterocycles. The van der Waals surface area contributed by atoms with E-state index in [4.69, 9.17) is 14.4 Å². The topological polar surface area (TPSA) is 58.9 Å². The molecule has 0 radical (unpaired) electrons. The van der Waals surface area contributed by atoms with Crippen molar-refractivity contribution in [2.75, 3.05) is 0 Å². The zero-order chi connectivity index (χ0) is 50.1. The Hall–Kier alpha value is -7.74. The molecule has 4 nitrogen and oxygen atoms in total. The number of halogens is 1. The van der Waals surface area contributed by atoms with Crippen molar-refractivity contribution in [2.24, 2.45) is 0 Å². The van der Waals surface area contributed by atoms with E-state index in [0.717, 1.165) is 32.2 Å². The molecule has 11 rings (SSSR count). The Morgan fingerprint density at radius 2 is 0.562 bits per heavy atom. The normalized spacial score (nSPS) is 13.1. The van der Waals surface area contributed by atoms with Gasteiger partial charge in [0, 0.05) is 4.47 Å². The molecule has 0 unspecified atom stereocenters. The summed E-state index contributed by atoms with van der Waals surface area (Å²) in [5.74, 6) is 0.572. The van der Waals surface area contributed by atoms with Crippen LogP contribution in [0.15, 0.2) is 259 Å². The van der Waals surface area contributed by atoms with E-state index in [2.05, 4.69) is 244 Å². The van der Waals surface area contributed by atoms with Crippen molar-refractivity contribution in [1.29, 1.82) is 0 Å². The quantitative estimate of drug-likeness (QED) is 0.149. The van der Waals surface area contributed by atoms with E-state index >= 15 is 0 Å². The highest BCUT2D eigenvalue weighted by atomic mass is 79.9. The molecule has 0 amide bonds. The van der Waals surface area contributed by atoms with Crippen LogP contribution in [0.1, 0.15) is 35.1 Å².